The maximum atomic E-state index is 6.08. The number of nitrogens with zero attached hydrogens (tertiary/aromatic N) is 3. The van der Waals surface area contributed by atoms with Crippen LogP contribution in [0.3, 0.4) is 0 Å². The van der Waals surface area contributed by atoms with Crippen molar-refractivity contribution < 1.29 is 0 Å². The molecule has 0 bridgehead atoms. The van der Waals surface area contributed by atoms with E-state index in [4.69, 9.17) is 17.3 Å². The van der Waals surface area contributed by atoms with Crippen molar-refractivity contribution in [2.75, 3.05) is 11.1 Å². The van der Waals surface area contributed by atoms with Gasteiger partial charge < -0.3 is 11.1 Å². The molecule has 0 spiro atoms. The molecule has 0 aliphatic carbocycles. The van der Waals surface area contributed by atoms with Gasteiger partial charge in [-0.3, -0.25) is 4.98 Å². The second-order valence-electron chi connectivity index (χ2n) is 5.89. The van der Waals surface area contributed by atoms with E-state index in [-0.39, 0.29) is 0 Å². The largest absolute Gasteiger partial charge is 0.396 e. The standard InChI is InChI=1S/C20H16ClN5/c21-19-11-15(7-9-24-19)18-6-4-16(22)20(26-18)25-12-13-3-5-17-14(10-13)2-1-8-23-17/h1-11H,12,22H2,(H,25,26). The third-order valence-corrected chi connectivity index (χ3v) is 4.28. The third-order valence-electron chi connectivity index (χ3n) is 4.08. The first-order valence-corrected chi connectivity index (χ1v) is 8.53. The summed E-state index contributed by atoms with van der Waals surface area (Å²) in [6.45, 7) is 0.614. The lowest BCUT2D eigenvalue weighted by Crippen LogP contribution is -2.05. The Morgan fingerprint density at radius 3 is 2.77 bits per heavy atom. The van der Waals surface area contributed by atoms with Crippen LogP contribution in [0.2, 0.25) is 5.15 Å². The first-order valence-electron chi connectivity index (χ1n) is 8.15. The van der Waals surface area contributed by atoms with Crippen LogP contribution < -0.4 is 11.1 Å². The fourth-order valence-electron chi connectivity index (χ4n) is 2.75. The molecule has 4 rings (SSSR count). The van der Waals surface area contributed by atoms with Gasteiger partial charge in [0, 0.05) is 29.9 Å². The third kappa shape index (κ3) is 3.43. The minimum absolute atomic E-state index is 0.431. The van der Waals surface area contributed by atoms with E-state index in [1.54, 1.807) is 18.5 Å². The summed E-state index contributed by atoms with van der Waals surface area (Å²) >= 11 is 5.97. The zero-order chi connectivity index (χ0) is 17.9. The van der Waals surface area contributed by atoms with Crippen molar-refractivity contribution in [1.29, 1.82) is 0 Å². The molecule has 0 amide bonds. The van der Waals surface area contributed by atoms with E-state index in [0.29, 0.717) is 23.2 Å². The summed E-state index contributed by atoms with van der Waals surface area (Å²) in [6.07, 6.45) is 3.45. The van der Waals surface area contributed by atoms with Gasteiger partial charge in [-0.1, -0.05) is 23.7 Å². The second-order valence-corrected chi connectivity index (χ2v) is 6.27. The molecular weight excluding hydrogens is 346 g/mol. The van der Waals surface area contributed by atoms with Crippen LogP contribution in [-0.4, -0.2) is 15.0 Å². The van der Waals surface area contributed by atoms with Gasteiger partial charge in [-0.2, -0.15) is 0 Å². The summed E-state index contributed by atoms with van der Waals surface area (Å²) in [5.41, 5.74) is 10.5. The van der Waals surface area contributed by atoms with Gasteiger partial charge in [0.05, 0.1) is 16.9 Å². The highest BCUT2D eigenvalue weighted by Crippen LogP contribution is 2.25. The Labute approximate surface area is 155 Å². The Kier molecular flexibility index (Phi) is 4.37. The van der Waals surface area contributed by atoms with Gasteiger partial charge >= 0.3 is 0 Å². The van der Waals surface area contributed by atoms with E-state index in [2.05, 4.69) is 26.3 Å². The van der Waals surface area contributed by atoms with Gasteiger partial charge in [0.2, 0.25) is 0 Å². The van der Waals surface area contributed by atoms with E-state index in [0.717, 1.165) is 27.7 Å². The Bertz CT molecular complexity index is 1080. The molecule has 26 heavy (non-hydrogen) atoms. The normalized spacial score (nSPS) is 10.8. The molecule has 6 heteroatoms. The van der Waals surface area contributed by atoms with Crippen molar-refractivity contribution >= 4 is 34.0 Å². The summed E-state index contributed by atoms with van der Waals surface area (Å²) in [5, 5.41) is 4.85. The van der Waals surface area contributed by atoms with E-state index in [9.17, 15) is 0 Å². The molecule has 1 aromatic carbocycles. The summed E-state index contributed by atoms with van der Waals surface area (Å²) in [4.78, 5) is 13.0. The molecule has 128 valence electrons. The molecule has 3 N–H and O–H groups in total. The van der Waals surface area contributed by atoms with E-state index < -0.39 is 0 Å². The molecule has 0 radical (unpaired) electrons. The van der Waals surface area contributed by atoms with E-state index in [1.807, 2.05) is 42.5 Å². The quantitative estimate of drug-likeness (QED) is 0.522. The van der Waals surface area contributed by atoms with Gasteiger partial charge in [-0.05, 0) is 48.0 Å². The number of nitrogens with two attached hydrogens (primary N) is 1. The number of rotatable bonds is 4. The van der Waals surface area contributed by atoms with Crippen LogP contribution >= 0.6 is 11.6 Å². The molecular formula is C20H16ClN5. The number of pyridine rings is 3. The fraction of sp³-hybridized carbons (Fsp3) is 0.0500. The second kappa shape index (κ2) is 6.98. The van der Waals surface area contributed by atoms with Crippen molar-refractivity contribution in [2.24, 2.45) is 0 Å². The number of hydrogen-bond acceptors (Lipinski definition) is 5. The zero-order valence-corrected chi connectivity index (χ0v) is 14.6. The Morgan fingerprint density at radius 2 is 1.88 bits per heavy atom. The van der Waals surface area contributed by atoms with Crippen LogP contribution in [0.1, 0.15) is 5.56 Å². The Hall–Kier alpha value is -3.18. The average Bonchev–Trinajstić information content (AvgIpc) is 2.67. The van der Waals surface area contributed by atoms with E-state index >= 15 is 0 Å². The molecule has 0 fully saturated rings. The lowest BCUT2D eigenvalue weighted by Gasteiger charge is -2.11. The Morgan fingerprint density at radius 1 is 0.962 bits per heavy atom. The molecule has 5 nitrogen and oxygen atoms in total. The average molecular weight is 362 g/mol. The topological polar surface area (TPSA) is 76.7 Å². The molecule has 0 atom stereocenters. The molecule has 0 aliphatic heterocycles. The van der Waals surface area contributed by atoms with Gasteiger partial charge in [-0.25, -0.2) is 9.97 Å². The number of anilines is 2. The number of fused-ring (bicyclic) bond motifs is 1. The molecule has 0 aliphatic rings. The smallest absolute Gasteiger partial charge is 0.150 e. The van der Waals surface area contributed by atoms with Crippen molar-refractivity contribution in [1.82, 2.24) is 15.0 Å². The van der Waals surface area contributed by atoms with Crippen LogP contribution in [0.15, 0.2) is 67.0 Å². The summed E-state index contributed by atoms with van der Waals surface area (Å²) in [7, 11) is 0. The zero-order valence-electron chi connectivity index (χ0n) is 13.9. The molecule has 3 aromatic heterocycles. The van der Waals surface area contributed by atoms with Crippen molar-refractivity contribution in [2.45, 2.75) is 6.54 Å². The van der Waals surface area contributed by atoms with Gasteiger partial charge in [0.25, 0.3) is 0 Å². The van der Waals surface area contributed by atoms with Crippen LogP contribution in [0.4, 0.5) is 11.5 Å². The number of halogens is 1. The lowest BCUT2D eigenvalue weighted by molar-refractivity contribution is 1.12. The predicted octanol–water partition coefficient (Wildman–Crippen LogP) is 4.54. The number of aromatic nitrogens is 3. The monoisotopic (exact) mass is 361 g/mol. The van der Waals surface area contributed by atoms with E-state index in [1.165, 1.54) is 0 Å². The molecule has 4 aromatic rings. The summed E-state index contributed by atoms with van der Waals surface area (Å²) in [6, 6.07) is 17.5. The maximum absolute atomic E-state index is 6.08. The van der Waals surface area contributed by atoms with Gasteiger partial charge in [-0.15, -0.1) is 0 Å². The SMILES string of the molecule is Nc1ccc(-c2ccnc(Cl)c2)nc1NCc1ccc2ncccc2c1. The van der Waals surface area contributed by atoms with Crippen LogP contribution in [0.25, 0.3) is 22.2 Å². The number of benzene rings is 1. The molecule has 3 heterocycles. The van der Waals surface area contributed by atoms with Gasteiger partial charge in [0.1, 0.15) is 11.0 Å². The summed E-state index contributed by atoms with van der Waals surface area (Å²) < 4.78 is 0. The van der Waals surface area contributed by atoms with Gasteiger partial charge in [0.15, 0.2) is 0 Å². The number of nitrogen functional groups attached to an aromatic ring is 1. The maximum Gasteiger partial charge on any atom is 0.150 e. The molecule has 0 unspecified atom stereocenters. The number of nitrogens with one attached hydrogen (secondary N) is 1. The minimum atomic E-state index is 0.431. The highest BCUT2D eigenvalue weighted by Gasteiger charge is 2.06. The van der Waals surface area contributed by atoms with Crippen LogP contribution in [0.5, 0.6) is 0 Å². The first kappa shape index (κ1) is 16.3. The highest BCUT2D eigenvalue weighted by atomic mass is 35.5. The first-order chi connectivity index (χ1) is 12.7. The lowest BCUT2D eigenvalue weighted by atomic mass is 10.1. The highest BCUT2D eigenvalue weighted by molar-refractivity contribution is 6.29. The van der Waals surface area contributed by atoms with Crippen LogP contribution in [-0.2, 0) is 6.54 Å². The van der Waals surface area contributed by atoms with Crippen molar-refractivity contribution in [3.8, 4) is 11.3 Å². The molecule has 0 saturated heterocycles. The van der Waals surface area contributed by atoms with Crippen LogP contribution in [0, 0.1) is 0 Å². The summed E-state index contributed by atoms with van der Waals surface area (Å²) in [5.74, 6) is 0.640. The molecule has 0 saturated carbocycles. The van der Waals surface area contributed by atoms with Crippen molar-refractivity contribution in [3.05, 3.63) is 77.7 Å². The minimum Gasteiger partial charge on any atom is -0.396 e. The Balaban J connectivity index is 1.58. The van der Waals surface area contributed by atoms with Crippen molar-refractivity contribution in [3.63, 3.8) is 0 Å². The fourth-order valence-corrected chi connectivity index (χ4v) is 2.93. The predicted molar refractivity (Wildman–Crippen MR) is 106 cm³/mol. The number of hydrogen-bond donors (Lipinski definition) is 2.